The number of hydrogen-bond donors (Lipinski definition) is 2. The van der Waals surface area contributed by atoms with E-state index in [2.05, 4.69) is 9.97 Å². The summed E-state index contributed by atoms with van der Waals surface area (Å²) in [7, 11) is 0. The van der Waals surface area contributed by atoms with Gasteiger partial charge in [-0.1, -0.05) is 30.3 Å². The van der Waals surface area contributed by atoms with Crippen molar-refractivity contribution >= 4 is 11.7 Å². The minimum atomic E-state index is -0.287. The van der Waals surface area contributed by atoms with Gasteiger partial charge in [-0.25, -0.2) is 9.97 Å². The molecule has 6 heteroatoms. The van der Waals surface area contributed by atoms with Gasteiger partial charge in [0, 0.05) is 18.9 Å². The van der Waals surface area contributed by atoms with Gasteiger partial charge in [-0.2, -0.15) is 0 Å². The number of nitrogen functional groups attached to an aromatic ring is 1. The van der Waals surface area contributed by atoms with Crippen molar-refractivity contribution in [1.82, 2.24) is 14.9 Å². The van der Waals surface area contributed by atoms with Gasteiger partial charge >= 0.3 is 0 Å². The molecular formula is C17H20N4O2. The van der Waals surface area contributed by atoms with Crippen LogP contribution < -0.4 is 5.73 Å². The second kappa shape index (κ2) is 6.75. The van der Waals surface area contributed by atoms with Crippen molar-refractivity contribution in [1.29, 1.82) is 0 Å². The van der Waals surface area contributed by atoms with Crippen molar-refractivity contribution in [3.8, 4) is 0 Å². The highest BCUT2D eigenvalue weighted by molar-refractivity contribution is 5.96. The number of anilines is 1. The van der Waals surface area contributed by atoms with E-state index in [4.69, 9.17) is 5.73 Å². The smallest absolute Gasteiger partial charge is 0.276 e. The standard InChI is InChI=1S/C17H20N4O2/c18-16-15(19-8-9-20-16)17(23)21(14(11-22)13-6-7-13)10-12-4-2-1-3-5-12/h1-5,8-9,13-14,22H,6-7,10-11H2,(H2,18,20)/t14-/m0/s1. The molecule has 1 fully saturated rings. The summed E-state index contributed by atoms with van der Waals surface area (Å²) in [6.07, 6.45) is 4.97. The van der Waals surface area contributed by atoms with Crippen LogP contribution in [0.25, 0.3) is 0 Å². The summed E-state index contributed by atoms with van der Waals surface area (Å²) >= 11 is 0. The summed E-state index contributed by atoms with van der Waals surface area (Å²) in [5, 5.41) is 9.79. The topological polar surface area (TPSA) is 92.3 Å². The zero-order valence-electron chi connectivity index (χ0n) is 12.8. The number of aliphatic hydroxyl groups is 1. The third kappa shape index (κ3) is 3.48. The predicted octanol–water partition coefficient (Wildman–Crippen LogP) is 1.47. The van der Waals surface area contributed by atoms with Crippen LogP contribution >= 0.6 is 0 Å². The van der Waals surface area contributed by atoms with Crippen molar-refractivity contribution in [2.45, 2.75) is 25.4 Å². The molecule has 1 aromatic carbocycles. The van der Waals surface area contributed by atoms with Gasteiger partial charge in [-0.15, -0.1) is 0 Å². The molecule has 3 rings (SSSR count). The first kappa shape index (κ1) is 15.4. The maximum atomic E-state index is 12.9. The molecule has 0 saturated heterocycles. The van der Waals surface area contributed by atoms with Crippen LogP contribution in [0.15, 0.2) is 42.7 Å². The van der Waals surface area contributed by atoms with Crippen LogP contribution in [-0.2, 0) is 6.54 Å². The van der Waals surface area contributed by atoms with Gasteiger partial charge in [0.05, 0.1) is 12.6 Å². The summed E-state index contributed by atoms with van der Waals surface area (Å²) in [6, 6.07) is 9.49. The SMILES string of the molecule is Nc1nccnc1C(=O)N(Cc1ccccc1)[C@@H](CO)C1CC1. The molecule has 0 unspecified atom stereocenters. The van der Waals surface area contributed by atoms with Crippen LogP contribution in [-0.4, -0.2) is 38.5 Å². The van der Waals surface area contributed by atoms with Crippen LogP contribution in [0.3, 0.4) is 0 Å². The molecule has 0 spiro atoms. The Bertz CT molecular complexity index is 673. The summed E-state index contributed by atoms with van der Waals surface area (Å²) in [5.41, 5.74) is 6.95. The highest BCUT2D eigenvalue weighted by Crippen LogP contribution is 2.36. The first-order valence-corrected chi connectivity index (χ1v) is 7.73. The molecule has 1 aliphatic carbocycles. The van der Waals surface area contributed by atoms with E-state index in [1.165, 1.54) is 12.4 Å². The molecule has 23 heavy (non-hydrogen) atoms. The lowest BCUT2D eigenvalue weighted by Crippen LogP contribution is -2.44. The molecule has 1 saturated carbocycles. The van der Waals surface area contributed by atoms with E-state index in [1.807, 2.05) is 30.3 Å². The van der Waals surface area contributed by atoms with Crippen molar-refractivity contribution in [2.24, 2.45) is 5.92 Å². The number of amides is 1. The average Bonchev–Trinajstić information content (AvgIpc) is 3.40. The fraction of sp³-hybridized carbons (Fsp3) is 0.353. The maximum Gasteiger partial charge on any atom is 0.276 e. The lowest BCUT2D eigenvalue weighted by atomic mass is 10.1. The Morgan fingerprint density at radius 1 is 1.26 bits per heavy atom. The molecule has 0 aliphatic heterocycles. The van der Waals surface area contributed by atoms with Crippen LogP contribution in [0.2, 0.25) is 0 Å². The molecule has 3 N–H and O–H groups in total. The number of carbonyl (C=O) groups is 1. The fourth-order valence-electron chi connectivity index (χ4n) is 2.75. The Hall–Kier alpha value is -2.47. The second-order valence-corrected chi connectivity index (χ2v) is 5.80. The Labute approximate surface area is 135 Å². The van der Waals surface area contributed by atoms with Crippen LogP contribution in [0.1, 0.15) is 28.9 Å². The molecule has 120 valence electrons. The Kier molecular flexibility index (Phi) is 4.52. The molecule has 1 aliphatic rings. The van der Waals surface area contributed by atoms with E-state index in [-0.39, 0.29) is 30.1 Å². The number of aliphatic hydroxyl groups excluding tert-OH is 1. The maximum absolute atomic E-state index is 12.9. The Morgan fingerprint density at radius 3 is 2.57 bits per heavy atom. The molecule has 2 aromatic rings. The molecule has 0 radical (unpaired) electrons. The van der Waals surface area contributed by atoms with Gasteiger partial charge < -0.3 is 15.7 Å². The number of carbonyl (C=O) groups excluding carboxylic acids is 1. The molecular weight excluding hydrogens is 292 g/mol. The average molecular weight is 312 g/mol. The van der Waals surface area contributed by atoms with Gasteiger partial charge in [0.2, 0.25) is 0 Å². The number of aromatic nitrogens is 2. The lowest BCUT2D eigenvalue weighted by molar-refractivity contribution is 0.0526. The van der Waals surface area contributed by atoms with Crippen LogP contribution in [0.5, 0.6) is 0 Å². The highest BCUT2D eigenvalue weighted by Gasteiger charge is 2.38. The minimum absolute atomic E-state index is 0.0661. The largest absolute Gasteiger partial charge is 0.394 e. The summed E-state index contributed by atoms with van der Waals surface area (Å²) in [5.74, 6) is 0.166. The van der Waals surface area contributed by atoms with Crippen molar-refractivity contribution < 1.29 is 9.90 Å². The molecule has 6 nitrogen and oxygen atoms in total. The quantitative estimate of drug-likeness (QED) is 0.842. The summed E-state index contributed by atoms with van der Waals surface area (Å²) in [4.78, 5) is 22.6. The van der Waals surface area contributed by atoms with Gasteiger partial charge in [-0.05, 0) is 24.3 Å². The highest BCUT2D eigenvalue weighted by atomic mass is 16.3. The Balaban J connectivity index is 1.91. The van der Waals surface area contributed by atoms with Crippen molar-refractivity contribution in [3.05, 3.63) is 54.0 Å². The van der Waals surface area contributed by atoms with Crippen LogP contribution in [0.4, 0.5) is 5.82 Å². The van der Waals surface area contributed by atoms with Crippen molar-refractivity contribution in [2.75, 3.05) is 12.3 Å². The van der Waals surface area contributed by atoms with E-state index < -0.39 is 0 Å². The normalized spacial score (nSPS) is 15.2. The van der Waals surface area contributed by atoms with Gasteiger partial charge in [0.1, 0.15) is 0 Å². The third-order valence-electron chi connectivity index (χ3n) is 4.14. The molecule has 0 bridgehead atoms. The van der Waals surface area contributed by atoms with Crippen LogP contribution in [0, 0.1) is 5.92 Å². The van der Waals surface area contributed by atoms with E-state index in [0.29, 0.717) is 12.5 Å². The summed E-state index contributed by atoms with van der Waals surface area (Å²) < 4.78 is 0. The zero-order chi connectivity index (χ0) is 16.2. The lowest BCUT2D eigenvalue weighted by Gasteiger charge is -2.31. The molecule has 1 aromatic heterocycles. The van der Waals surface area contributed by atoms with Gasteiger partial charge in [0.25, 0.3) is 5.91 Å². The first-order chi connectivity index (χ1) is 11.2. The third-order valence-corrected chi connectivity index (χ3v) is 4.14. The number of nitrogens with two attached hydrogens (primary N) is 1. The number of benzene rings is 1. The minimum Gasteiger partial charge on any atom is -0.394 e. The molecule has 1 amide bonds. The fourth-order valence-corrected chi connectivity index (χ4v) is 2.75. The van der Waals surface area contributed by atoms with E-state index in [9.17, 15) is 9.90 Å². The summed E-state index contributed by atoms with van der Waals surface area (Å²) in [6.45, 7) is 0.348. The Morgan fingerprint density at radius 2 is 1.96 bits per heavy atom. The van der Waals surface area contributed by atoms with Gasteiger partial charge in [0.15, 0.2) is 11.5 Å². The number of rotatable bonds is 6. The first-order valence-electron chi connectivity index (χ1n) is 7.73. The zero-order valence-corrected chi connectivity index (χ0v) is 12.8. The second-order valence-electron chi connectivity index (χ2n) is 5.80. The molecule has 1 atom stereocenters. The molecule has 1 heterocycles. The van der Waals surface area contributed by atoms with E-state index >= 15 is 0 Å². The monoisotopic (exact) mass is 312 g/mol. The van der Waals surface area contributed by atoms with E-state index in [0.717, 1.165) is 18.4 Å². The van der Waals surface area contributed by atoms with Gasteiger partial charge in [-0.3, -0.25) is 4.79 Å². The van der Waals surface area contributed by atoms with Crippen molar-refractivity contribution in [3.63, 3.8) is 0 Å². The predicted molar refractivity (Wildman–Crippen MR) is 86.4 cm³/mol. The number of nitrogens with zero attached hydrogens (tertiary/aromatic N) is 3. The number of hydrogen-bond acceptors (Lipinski definition) is 5. The van der Waals surface area contributed by atoms with E-state index in [1.54, 1.807) is 4.90 Å².